The molecule has 0 atom stereocenters. The van der Waals surface area contributed by atoms with Crippen molar-refractivity contribution in [1.29, 1.82) is 0 Å². The fraction of sp³-hybridized carbons (Fsp3) is 0. The predicted molar refractivity (Wildman–Crippen MR) is 136 cm³/mol. The van der Waals surface area contributed by atoms with Crippen LogP contribution in [-0.4, -0.2) is 33.6 Å². The average molecular weight is 532 g/mol. The Balaban J connectivity index is 0.000000227. The van der Waals surface area contributed by atoms with Crippen LogP contribution in [-0.2, 0) is 44.7 Å². The van der Waals surface area contributed by atoms with Crippen LogP contribution in [0.4, 0.5) is 11.4 Å². The molecule has 6 nitrogen and oxygen atoms in total. The number of hydrogen-bond donors (Lipinski definition) is 0. The monoisotopic (exact) mass is 530 g/mol. The van der Waals surface area contributed by atoms with Crippen molar-refractivity contribution in [3.05, 3.63) is 96.8 Å². The van der Waals surface area contributed by atoms with Crippen LogP contribution in [0.15, 0.2) is 114 Å². The summed E-state index contributed by atoms with van der Waals surface area (Å²) in [6, 6.07) is 21.7. The summed E-state index contributed by atoms with van der Waals surface area (Å²) in [5.41, 5.74) is 1.49. The van der Waals surface area contributed by atoms with Gasteiger partial charge in [-0.2, -0.15) is 0 Å². The van der Waals surface area contributed by atoms with Crippen molar-refractivity contribution >= 4 is 60.6 Å². The second-order valence-corrected chi connectivity index (χ2v) is 7.35. The zero-order chi connectivity index (χ0) is 22.8. The van der Waals surface area contributed by atoms with Crippen LogP contribution in [0.2, 0.25) is 0 Å². The second kappa shape index (κ2) is 13.5. The van der Waals surface area contributed by atoms with Crippen LogP contribution >= 0.6 is 0 Å². The van der Waals surface area contributed by atoms with Crippen molar-refractivity contribution in [2.75, 3.05) is 0 Å². The maximum absolute atomic E-state index is 9.62. The topological polar surface area (TPSA) is 93.8 Å². The summed E-state index contributed by atoms with van der Waals surface area (Å²) in [5, 5.41) is 0. The minimum Gasteiger partial charge on any atom is -0.455 e. The molecule has 0 aliphatic heterocycles. The van der Waals surface area contributed by atoms with Crippen LogP contribution in [0.5, 0.6) is 0 Å². The molecule has 0 fully saturated rings. The Bertz CT molecular complexity index is 1140. The molecule has 0 bridgehead atoms. The average Bonchev–Trinajstić information content (AvgIpc) is 3.53. The van der Waals surface area contributed by atoms with Gasteiger partial charge in [0.15, 0.2) is 9.79 Å². The van der Waals surface area contributed by atoms with Crippen LogP contribution in [0.25, 0.3) is 0 Å². The third kappa shape index (κ3) is 8.13. The van der Waals surface area contributed by atoms with Gasteiger partial charge in [-0.3, -0.25) is 9.59 Å². The molecule has 33 heavy (non-hydrogen) atoms. The summed E-state index contributed by atoms with van der Waals surface area (Å²) < 4.78 is 10.0. The molecule has 160 valence electrons. The standard InChI is InChI=1S/2C12H9NO2S.Zn/c2*14-10(11-5-3-7-15-11)8-13-9-4-1-2-6-12(9)16;/h2*1-8,16H;/q;;+2/p+4. The Morgan fingerprint density at radius 3 is 1.36 bits per heavy atom. The molecule has 2 N–H and O–H groups in total. The van der Waals surface area contributed by atoms with Gasteiger partial charge in [-0.25, -0.2) is 9.98 Å². The molecule has 9 heteroatoms. The minimum atomic E-state index is -0.0000743. The normalized spacial score (nSPS) is 10.5. The smallest absolute Gasteiger partial charge is 0.455 e. The van der Waals surface area contributed by atoms with Crippen LogP contribution in [0.3, 0.4) is 0 Å². The number of aliphatic imine (C=N–C) groups is 2. The first-order chi connectivity index (χ1) is 15.5. The van der Waals surface area contributed by atoms with E-state index >= 15 is 0 Å². The number of benzene rings is 2. The van der Waals surface area contributed by atoms with Gasteiger partial charge in [-0.1, -0.05) is 24.3 Å². The number of para-hydroxylation sites is 2. The van der Waals surface area contributed by atoms with E-state index in [-0.39, 0.29) is 31.0 Å². The molecule has 4 rings (SSSR count). The molecule has 2 aromatic carbocycles. The van der Waals surface area contributed by atoms with E-state index in [9.17, 15) is 9.59 Å². The largest absolute Gasteiger partial charge is 2.00 e. The number of furan rings is 2. The van der Waals surface area contributed by atoms with Gasteiger partial charge in [0.2, 0.25) is 11.5 Å². The van der Waals surface area contributed by atoms with Gasteiger partial charge >= 0.3 is 31.0 Å². The fourth-order valence-corrected chi connectivity index (χ4v) is 2.90. The van der Waals surface area contributed by atoms with E-state index in [4.69, 9.17) is 8.83 Å². The third-order valence-corrected chi connectivity index (χ3v) is 4.85. The summed E-state index contributed by atoms with van der Waals surface area (Å²) in [6.45, 7) is 0. The summed E-state index contributed by atoms with van der Waals surface area (Å²) in [6.07, 6.45) is 5.71. The van der Waals surface area contributed by atoms with E-state index in [1.165, 1.54) is 25.0 Å². The molecule has 2 heterocycles. The number of rotatable bonds is 6. The van der Waals surface area contributed by atoms with Crippen molar-refractivity contribution in [2.45, 2.75) is 9.79 Å². The van der Waals surface area contributed by atoms with Gasteiger partial charge in [0.25, 0.3) is 0 Å². The molecule has 4 aromatic rings. The van der Waals surface area contributed by atoms with Crippen molar-refractivity contribution < 1.29 is 37.9 Å². The Kier molecular flexibility index (Phi) is 10.8. The molecule has 0 aliphatic rings. The van der Waals surface area contributed by atoms with Gasteiger partial charge in [0.05, 0.1) is 12.5 Å². The number of nitrogens with zero attached hydrogens (tertiary/aromatic N) is 2. The number of carbonyl (C=O) groups excluding carboxylic acids is 2. The van der Waals surface area contributed by atoms with Crippen molar-refractivity contribution in [1.82, 2.24) is 0 Å². The van der Waals surface area contributed by atoms with Gasteiger partial charge in [-0.15, -0.1) is 0 Å². The predicted octanol–water partition coefficient (Wildman–Crippen LogP) is 3.89. The SMILES string of the molecule is [OH+]=C(C=Nc1ccccc1[SH2+])c1ccco1.[OH+]=C(C=Nc1ccccc1[SH2+])c1ccco1.[Zn+2]. The minimum absolute atomic E-state index is 0. The van der Waals surface area contributed by atoms with Gasteiger partial charge < -0.3 is 8.83 Å². The number of ketones is 2. The van der Waals surface area contributed by atoms with E-state index in [2.05, 4.69) is 35.2 Å². The Labute approximate surface area is 214 Å². The second-order valence-electron chi connectivity index (χ2n) is 6.28. The Morgan fingerprint density at radius 1 is 0.636 bits per heavy atom. The molecule has 0 saturated carbocycles. The first kappa shape index (κ1) is 26.3. The molecule has 0 saturated heterocycles. The Morgan fingerprint density at radius 2 is 1.03 bits per heavy atom. The first-order valence-corrected chi connectivity index (χ1v) is 10.4. The summed E-state index contributed by atoms with van der Waals surface area (Å²) in [5.74, 6) is 0.797. The van der Waals surface area contributed by atoms with Crippen LogP contribution < -0.4 is 0 Å². The quantitative estimate of drug-likeness (QED) is 0.163. The van der Waals surface area contributed by atoms with Gasteiger partial charge in [-0.05, 0) is 73.8 Å². The van der Waals surface area contributed by atoms with Crippen molar-refractivity contribution in [2.24, 2.45) is 9.98 Å². The maximum atomic E-state index is 9.62. The first-order valence-electron chi connectivity index (χ1n) is 9.43. The molecule has 0 aliphatic carbocycles. The molecule has 2 aromatic heterocycles. The van der Waals surface area contributed by atoms with Crippen LogP contribution in [0.1, 0.15) is 11.5 Å². The van der Waals surface area contributed by atoms with E-state index in [1.807, 2.05) is 48.5 Å². The third-order valence-electron chi connectivity index (χ3n) is 4.01. The molecule has 0 amide bonds. The van der Waals surface area contributed by atoms with Crippen molar-refractivity contribution in [3.8, 4) is 0 Å². The molecular weight excluding hydrogens is 510 g/mol. The molecule has 0 unspecified atom stereocenters. The zero-order valence-electron chi connectivity index (χ0n) is 17.6. The fourth-order valence-electron chi connectivity index (χ4n) is 2.41. The summed E-state index contributed by atoms with van der Waals surface area (Å²) in [4.78, 5) is 29.3. The van der Waals surface area contributed by atoms with E-state index in [0.29, 0.717) is 11.5 Å². The molecule has 0 spiro atoms. The van der Waals surface area contributed by atoms with Crippen LogP contribution in [0, 0.1) is 0 Å². The van der Waals surface area contributed by atoms with Crippen molar-refractivity contribution in [3.63, 3.8) is 0 Å². The van der Waals surface area contributed by atoms with Gasteiger partial charge in [0, 0.05) is 0 Å². The van der Waals surface area contributed by atoms with E-state index in [1.54, 1.807) is 24.3 Å². The number of hydrogen-bond acceptors (Lipinski definition) is 4. The summed E-state index contributed by atoms with van der Waals surface area (Å²) in [7, 11) is 0. The van der Waals surface area contributed by atoms with E-state index < -0.39 is 0 Å². The van der Waals surface area contributed by atoms with E-state index in [0.717, 1.165) is 21.2 Å². The zero-order valence-corrected chi connectivity index (χ0v) is 22.5. The maximum Gasteiger partial charge on any atom is 2.00 e. The molecule has 0 radical (unpaired) electrons. The Hall–Kier alpha value is -3.00. The summed E-state index contributed by atoms with van der Waals surface area (Å²) >= 11 is 6.84. The molecular formula is C24H22N2O4S2Zn+6. The van der Waals surface area contributed by atoms with Gasteiger partial charge in [0.1, 0.15) is 23.8 Å².